The summed E-state index contributed by atoms with van der Waals surface area (Å²) in [5, 5.41) is 11.3. The molecular weight excluding hydrogens is 266 g/mol. The number of para-hydroxylation sites is 1. The van der Waals surface area contributed by atoms with Crippen LogP contribution in [-0.2, 0) is 0 Å². The lowest BCUT2D eigenvalue weighted by Crippen LogP contribution is -2.27. The Bertz CT molecular complexity index is 481. The molecule has 1 aliphatic heterocycles. The fourth-order valence-corrected chi connectivity index (χ4v) is 2.89. The van der Waals surface area contributed by atoms with Crippen molar-refractivity contribution in [1.29, 1.82) is 0 Å². The van der Waals surface area contributed by atoms with Gasteiger partial charge in [-0.1, -0.05) is 17.7 Å². The maximum atomic E-state index is 11.1. The van der Waals surface area contributed by atoms with Gasteiger partial charge in [0.2, 0.25) is 0 Å². The monoisotopic (exact) mass is 283 g/mol. The molecule has 1 aromatic carbocycles. The summed E-state index contributed by atoms with van der Waals surface area (Å²) in [5.41, 5.74) is 0.588. The molecule has 2 rings (SSSR count). The molecule has 0 N–H and O–H groups in total. The van der Waals surface area contributed by atoms with Crippen molar-refractivity contribution >= 4 is 23.0 Å². The van der Waals surface area contributed by atoms with Gasteiger partial charge in [0.25, 0.3) is 0 Å². The van der Waals surface area contributed by atoms with E-state index in [9.17, 15) is 10.1 Å². The van der Waals surface area contributed by atoms with Crippen LogP contribution < -0.4 is 4.90 Å². The molecule has 1 aromatic rings. The highest BCUT2D eigenvalue weighted by atomic mass is 35.5. The van der Waals surface area contributed by atoms with Crippen LogP contribution in [0.1, 0.15) is 6.42 Å². The minimum atomic E-state index is -0.408. The Hall–Kier alpha value is -1.33. The van der Waals surface area contributed by atoms with E-state index in [1.165, 1.54) is 0 Å². The molecule has 1 fully saturated rings. The van der Waals surface area contributed by atoms with Crippen LogP contribution in [0.25, 0.3) is 0 Å². The van der Waals surface area contributed by atoms with Crippen LogP contribution in [0.2, 0.25) is 5.02 Å². The van der Waals surface area contributed by atoms with Crippen molar-refractivity contribution in [1.82, 2.24) is 4.90 Å². The SMILES string of the molecule is CN1CCC(CN(C)c2cccc(Cl)c2[N+](=O)[O-])C1. The number of hydrogen-bond acceptors (Lipinski definition) is 4. The second kappa shape index (κ2) is 5.75. The fourth-order valence-electron chi connectivity index (χ4n) is 2.65. The molecule has 5 nitrogen and oxygen atoms in total. The topological polar surface area (TPSA) is 49.6 Å². The van der Waals surface area contributed by atoms with Gasteiger partial charge >= 0.3 is 5.69 Å². The first-order chi connectivity index (χ1) is 8.99. The first kappa shape index (κ1) is 14.1. The van der Waals surface area contributed by atoms with E-state index in [-0.39, 0.29) is 10.7 Å². The molecule has 0 amide bonds. The van der Waals surface area contributed by atoms with E-state index in [0.717, 1.165) is 26.1 Å². The van der Waals surface area contributed by atoms with Crippen molar-refractivity contribution in [3.05, 3.63) is 33.3 Å². The number of benzene rings is 1. The van der Waals surface area contributed by atoms with Gasteiger partial charge in [0.15, 0.2) is 0 Å². The molecular formula is C13H18ClN3O2. The predicted molar refractivity (Wildman–Crippen MR) is 77.0 cm³/mol. The first-order valence-electron chi connectivity index (χ1n) is 6.31. The lowest BCUT2D eigenvalue weighted by atomic mass is 10.1. The van der Waals surface area contributed by atoms with Gasteiger partial charge in [0.1, 0.15) is 10.7 Å². The standard InChI is InChI=1S/C13H18ClN3O2/c1-15-7-6-10(8-15)9-16(2)12-5-3-4-11(14)13(12)17(18)19/h3-5,10H,6-9H2,1-2H3. The lowest BCUT2D eigenvalue weighted by Gasteiger charge is -2.23. The quantitative estimate of drug-likeness (QED) is 0.630. The predicted octanol–water partition coefficient (Wildman–Crippen LogP) is 2.64. The van der Waals surface area contributed by atoms with Crippen molar-refractivity contribution in [2.75, 3.05) is 38.6 Å². The third-order valence-corrected chi connectivity index (χ3v) is 3.89. The summed E-state index contributed by atoms with van der Waals surface area (Å²) in [5.74, 6) is 0.550. The molecule has 19 heavy (non-hydrogen) atoms. The van der Waals surface area contributed by atoms with Gasteiger partial charge in [-0.25, -0.2) is 0 Å². The molecule has 0 aliphatic carbocycles. The minimum Gasteiger partial charge on any atom is -0.369 e. The molecule has 0 aromatic heterocycles. The lowest BCUT2D eigenvalue weighted by molar-refractivity contribution is -0.384. The van der Waals surface area contributed by atoms with Gasteiger partial charge in [-0.3, -0.25) is 10.1 Å². The zero-order valence-electron chi connectivity index (χ0n) is 11.2. The highest BCUT2D eigenvalue weighted by Gasteiger charge is 2.25. The van der Waals surface area contributed by atoms with Gasteiger partial charge in [0.05, 0.1) is 4.92 Å². The number of halogens is 1. The molecule has 1 saturated heterocycles. The van der Waals surface area contributed by atoms with Gasteiger partial charge in [-0.2, -0.15) is 0 Å². The third kappa shape index (κ3) is 3.16. The van der Waals surface area contributed by atoms with Gasteiger partial charge in [-0.05, 0) is 38.1 Å². The zero-order valence-corrected chi connectivity index (χ0v) is 11.9. The van der Waals surface area contributed by atoms with Gasteiger partial charge in [-0.15, -0.1) is 0 Å². The Kier molecular flexibility index (Phi) is 4.27. The number of anilines is 1. The van der Waals surface area contributed by atoms with E-state index in [2.05, 4.69) is 11.9 Å². The zero-order chi connectivity index (χ0) is 14.0. The largest absolute Gasteiger partial charge is 0.369 e. The molecule has 0 saturated carbocycles. The van der Waals surface area contributed by atoms with E-state index >= 15 is 0 Å². The molecule has 1 heterocycles. The normalized spacial score (nSPS) is 19.6. The average molecular weight is 284 g/mol. The van der Waals surface area contributed by atoms with E-state index in [1.807, 2.05) is 11.9 Å². The van der Waals surface area contributed by atoms with Crippen LogP contribution in [0.5, 0.6) is 0 Å². The minimum absolute atomic E-state index is 0.00184. The first-order valence-corrected chi connectivity index (χ1v) is 6.69. The summed E-state index contributed by atoms with van der Waals surface area (Å²) in [6.45, 7) is 2.94. The molecule has 1 atom stereocenters. The van der Waals surface area contributed by atoms with Crippen LogP contribution >= 0.6 is 11.6 Å². The molecule has 104 valence electrons. The summed E-state index contributed by atoms with van der Waals surface area (Å²) in [6.07, 6.45) is 1.13. The Labute approximate surface area is 117 Å². The summed E-state index contributed by atoms with van der Waals surface area (Å²) in [7, 11) is 3.98. The van der Waals surface area contributed by atoms with E-state index in [1.54, 1.807) is 18.2 Å². The van der Waals surface area contributed by atoms with Crippen molar-refractivity contribution in [2.24, 2.45) is 5.92 Å². The Morgan fingerprint density at radius 1 is 1.58 bits per heavy atom. The average Bonchev–Trinajstić information content (AvgIpc) is 2.73. The van der Waals surface area contributed by atoms with Crippen LogP contribution in [0.3, 0.4) is 0 Å². The van der Waals surface area contributed by atoms with E-state index in [0.29, 0.717) is 11.6 Å². The highest BCUT2D eigenvalue weighted by molar-refractivity contribution is 6.33. The fraction of sp³-hybridized carbons (Fsp3) is 0.538. The Morgan fingerprint density at radius 3 is 2.89 bits per heavy atom. The number of likely N-dealkylation sites (tertiary alicyclic amines) is 1. The van der Waals surface area contributed by atoms with Crippen molar-refractivity contribution in [2.45, 2.75) is 6.42 Å². The van der Waals surface area contributed by atoms with Crippen molar-refractivity contribution in [3.8, 4) is 0 Å². The summed E-state index contributed by atoms with van der Waals surface area (Å²) in [4.78, 5) is 14.9. The van der Waals surface area contributed by atoms with Crippen molar-refractivity contribution in [3.63, 3.8) is 0 Å². The number of rotatable bonds is 4. The summed E-state index contributed by atoms with van der Waals surface area (Å²) < 4.78 is 0. The van der Waals surface area contributed by atoms with E-state index < -0.39 is 4.92 Å². The molecule has 6 heteroatoms. The van der Waals surface area contributed by atoms with Crippen LogP contribution in [0, 0.1) is 16.0 Å². The van der Waals surface area contributed by atoms with E-state index in [4.69, 9.17) is 11.6 Å². The van der Waals surface area contributed by atoms with Crippen LogP contribution in [0.15, 0.2) is 18.2 Å². The molecule has 0 bridgehead atoms. The van der Waals surface area contributed by atoms with Gasteiger partial charge in [0, 0.05) is 20.1 Å². The van der Waals surface area contributed by atoms with Crippen LogP contribution in [-0.4, -0.2) is 43.6 Å². The molecule has 0 spiro atoms. The summed E-state index contributed by atoms with van der Waals surface area (Å²) in [6, 6.07) is 5.06. The number of nitro benzene ring substituents is 1. The summed E-state index contributed by atoms with van der Waals surface area (Å²) >= 11 is 5.93. The smallest absolute Gasteiger partial charge is 0.310 e. The van der Waals surface area contributed by atoms with Crippen molar-refractivity contribution < 1.29 is 4.92 Å². The molecule has 1 unspecified atom stereocenters. The van der Waals surface area contributed by atoms with Crippen LogP contribution in [0.4, 0.5) is 11.4 Å². The maximum Gasteiger partial charge on any atom is 0.310 e. The number of nitro groups is 1. The number of hydrogen-bond donors (Lipinski definition) is 0. The number of nitrogens with zero attached hydrogens (tertiary/aromatic N) is 3. The third-order valence-electron chi connectivity index (χ3n) is 3.58. The molecule has 0 radical (unpaired) electrons. The molecule has 1 aliphatic rings. The highest BCUT2D eigenvalue weighted by Crippen LogP contribution is 2.35. The second-order valence-corrected chi connectivity index (χ2v) is 5.57. The maximum absolute atomic E-state index is 11.1. The Morgan fingerprint density at radius 2 is 2.32 bits per heavy atom. The Balaban J connectivity index is 2.17. The van der Waals surface area contributed by atoms with Gasteiger partial charge < -0.3 is 9.80 Å². The second-order valence-electron chi connectivity index (χ2n) is 5.16.